The number of anilines is 1. The predicted octanol–water partition coefficient (Wildman–Crippen LogP) is 4.13. The number of halogens is 4. The number of nitrogens with one attached hydrogen (secondary N) is 1. The van der Waals surface area contributed by atoms with Gasteiger partial charge in [-0.3, -0.25) is 4.79 Å². The molecule has 10 heteroatoms. The number of hydrogen-bond acceptors (Lipinski definition) is 4. The second-order valence-corrected chi connectivity index (χ2v) is 7.87. The first kappa shape index (κ1) is 17.4. The maximum absolute atomic E-state index is 13.2. The molecule has 4 rings (SSSR count). The van der Waals surface area contributed by atoms with Crippen LogP contribution in [0.1, 0.15) is 42.9 Å². The highest BCUT2D eigenvalue weighted by molar-refractivity contribution is 7.12. The Morgan fingerprint density at radius 3 is 2.42 bits per heavy atom. The largest absolute Gasteiger partial charge is 0.310 e. The van der Waals surface area contributed by atoms with E-state index in [0.29, 0.717) is 22.2 Å². The second kappa shape index (κ2) is 5.77. The number of aromatic nitrogens is 3. The normalized spacial score (nSPS) is 21.9. The van der Waals surface area contributed by atoms with E-state index in [1.54, 1.807) is 18.5 Å². The standard InChI is InChI=1S/C16H16F4N4OS/c1-8-11(9-4-15(17,18)5-9)23-24(14-21-2-3-26-14)12(8)22-13(25)10-6-16(19,20)7-10/h2-3,9-10H,4-7H2,1H3,(H,22,25). The summed E-state index contributed by atoms with van der Waals surface area (Å²) in [5.41, 5.74) is 1.06. The molecule has 0 aliphatic heterocycles. The molecule has 2 aliphatic rings. The maximum atomic E-state index is 13.2. The number of carbonyl (C=O) groups excluding carboxylic acids is 1. The van der Waals surface area contributed by atoms with Crippen molar-refractivity contribution in [2.45, 2.75) is 50.4 Å². The fraction of sp³-hybridized carbons (Fsp3) is 0.562. The van der Waals surface area contributed by atoms with Gasteiger partial charge in [-0.25, -0.2) is 22.5 Å². The van der Waals surface area contributed by atoms with Crippen molar-refractivity contribution >= 4 is 23.1 Å². The van der Waals surface area contributed by atoms with Crippen molar-refractivity contribution < 1.29 is 22.4 Å². The smallest absolute Gasteiger partial charge is 0.249 e. The highest BCUT2D eigenvalue weighted by Crippen LogP contribution is 2.49. The molecule has 0 atom stereocenters. The molecule has 0 saturated heterocycles. The molecule has 2 fully saturated rings. The van der Waals surface area contributed by atoms with Gasteiger partial charge in [0, 0.05) is 54.7 Å². The van der Waals surface area contributed by atoms with Crippen molar-refractivity contribution in [1.82, 2.24) is 14.8 Å². The van der Waals surface area contributed by atoms with E-state index in [1.165, 1.54) is 16.0 Å². The van der Waals surface area contributed by atoms with Crippen LogP contribution in [-0.4, -0.2) is 32.5 Å². The van der Waals surface area contributed by atoms with Gasteiger partial charge in [-0.2, -0.15) is 9.78 Å². The third-order valence-corrected chi connectivity index (χ3v) is 5.69. The van der Waals surface area contributed by atoms with E-state index < -0.39 is 42.4 Å². The summed E-state index contributed by atoms with van der Waals surface area (Å²) in [6.07, 6.45) is 0.0259. The summed E-state index contributed by atoms with van der Waals surface area (Å²) in [5, 5.41) is 9.25. The van der Waals surface area contributed by atoms with Gasteiger partial charge < -0.3 is 5.32 Å². The Hall–Kier alpha value is -1.97. The van der Waals surface area contributed by atoms with Crippen LogP contribution in [0.15, 0.2) is 11.6 Å². The molecule has 0 radical (unpaired) electrons. The van der Waals surface area contributed by atoms with Crippen LogP contribution in [0, 0.1) is 12.8 Å². The summed E-state index contributed by atoms with van der Waals surface area (Å²) in [4.78, 5) is 16.4. The zero-order chi connectivity index (χ0) is 18.7. The second-order valence-electron chi connectivity index (χ2n) is 7.00. The molecule has 2 heterocycles. The zero-order valence-electron chi connectivity index (χ0n) is 13.8. The maximum Gasteiger partial charge on any atom is 0.249 e. The van der Waals surface area contributed by atoms with Crippen molar-refractivity contribution in [2.75, 3.05) is 5.32 Å². The lowest BCUT2D eigenvalue weighted by Crippen LogP contribution is -2.42. The lowest BCUT2D eigenvalue weighted by Gasteiger charge is -2.34. The van der Waals surface area contributed by atoms with Crippen LogP contribution in [0.5, 0.6) is 0 Å². The molecule has 0 unspecified atom stereocenters. The molecule has 2 aromatic heterocycles. The number of nitrogens with zero attached hydrogens (tertiary/aromatic N) is 3. The summed E-state index contributed by atoms with van der Waals surface area (Å²) >= 11 is 1.27. The number of rotatable bonds is 4. The van der Waals surface area contributed by atoms with Gasteiger partial charge in [0.15, 0.2) is 0 Å². The molecular formula is C16H16F4N4OS. The molecule has 5 nitrogen and oxygen atoms in total. The Labute approximate surface area is 150 Å². The van der Waals surface area contributed by atoms with E-state index in [2.05, 4.69) is 15.4 Å². The van der Waals surface area contributed by atoms with E-state index in [9.17, 15) is 22.4 Å². The number of carbonyl (C=O) groups is 1. The molecule has 0 spiro atoms. The Kier molecular flexibility index (Phi) is 3.87. The van der Waals surface area contributed by atoms with Crippen LogP contribution >= 0.6 is 11.3 Å². The van der Waals surface area contributed by atoms with Crippen molar-refractivity contribution in [3.63, 3.8) is 0 Å². The van der Waals surface area contributed by atoms with Gasteiger partial charge >= 0.3 is 0 Å². The lowest BCUT2D eigenvalue weighted by atomic mass is 9.78. The Balaban J connectivity index is 1.62. The molecule has 0 bridgehead atoms. The molecule has 2 saturated carbocycles. The predicted molar refractivity (Wildman–Crippen MR) is 87.2 cm³/mol. The zero-order valence-corrected chi connectivity index (χ0v) is 14.6. The summed E-state index contributed by atoms with van der Waals surface area (Å²) in [6, 6.07) is 0. The van der Waals surface area contributed by atoms with E-state index in [4.69, 9.17) is 0 Å². The van der Waals surface area contributed by atoms with Crippen molar-refractivity contribution in [3.05, 3.63) is 22.8 Å². The first-order valence-corrected chi connectivity index (χ1v) is 9.09. The van der Waals surface area contributed by atoms with Gasteiger partial charge in [0.1, 0.15) is 5.82 Å². The molecular weight excluding hydrogens is 372 g/mol. The van der Waals surface area contributed by atoms with Gasteiger partial charge in [-0.05, 0) is 6.92 Å². The first-order chi connectivity index (χ1) is 12.2. The van der Waals surface area contributed by atoms with Gasteiger partial charge in [0.05, 0.1) is 5.69 Å². The Morgan fingerprint density at radius 2 is 1.88 bits per heavy atom. The topological polar surface area (TPSA) is 59.8 Å². The third kappa shape index (κ3) is 3.00. The van der Waals surface area contributed by atoms with E-state index in [1.807, 2.05) is 0 Å². The van der Waals surface area contributed by atoms with Crippen LogP contribution in [0.4, 0.5) is 23.4 Å². The molecule has 140 valence electrons. The highest BCUT2D eigenvalue weighted by Gasteiger charge is 2.50. The fourth-order valence-electron chi connectivity index (χ4n) is 3.43. The van der Waals surface area contributed by atoms with Crippen molar-refractivity contribution in [1.29, 1.82) is 0 Å². The van der Waals surface area contributed by atoms with Crippen LogP contribution in [-0.2, 0) is 4.79 Å². The van der Waals surface area contributed by atoms with Gasteiger partial charge in [-0.1, -0.05) is 0 Å². The molecule has 1 amide bonds. The Bertz CT molecular complexity index is 833. The number of alkyl halides is 4. The fourth-order valence-corrected chi connectivity index (χ4v) is 4.02. The molecule has 26 heavy (non-hydrogen) atoms. The van der Waals surface area contributed by atoms with E-state index in [0.717, 1.165) is 0 Å². The summed E-state index contributed by atoms with van der Waals surface area (Å²) in [5.74, 6) is -6.85. The average molecular weight is 388 g/mol. The molecule has 0 aromatic carbocycles. The average Bonchev–Trinajstić information content (AvgIpc) is 3.11. The number of thiazole rings is 1. The van der Waals surface area contributed by atoms with Gasteiger partial charge in [-0.15, -0.1) is 11.3 Å². The minimum atomic E-state index is -2.80. The van der Waals surface area contributed by atoms with Crippen LogP contribution in [0.2, 0.25) is 0 Å². The number of hydrogen-bond donors (Lipinski definition) is 1. The van der Waals surface area contributed by atoms with E-state index in [-0.39, 0.29) is 12.8 Å². The molecule has 1 N–H and O–H groups in total. The first-order valence-electron chi connectivity index (χ1n) is 8.21. The molecule has 2 aromatic rings. The van der Waals surface area contributed by atoms with Crippen molar-refractivity contribution in [2.24, 2.45) is 5.92 Å². The highest BCUT2D eigenvalue weighted by atomic mass is 32.1. The SMILES string of the molecule is Cc1c(C2CC(F)(F)C2)nn(-c2nccs2)c1NC(=O)C1CC(F)(F)C1. The molecule has 2 aliphatic carbocycles. The lowest BCUT2D eigenvalue weighted by molar-refractivity contribution is -0.145. The summed E-state index contributed by atoms with van der Waals surface area (Å²) in [7, 11) is 0. The van der Waals surface area contributed by atoms with Gasteiger partial charge in [0.25, 0.3) is 0 Å². The number of amides is 1. The van der Waals surface area contributed by atoms with Crippen LogP contribution in [0.25, 0.3) is 5.13 Å². The minimum Gasteiger partial charge on any atom is -0.310 e. The van der Waals surface area contributed by atoms with Gasteiger partial charge in [0.2, 0.25) is 22.9 Å². The van der Waals surface area contributed by atoms with Crippen LogP contribution < -0.4 is 5.32 Å². The summed E-state index contributed by atoms with van der Waals surface area (Å²) in [6.45, 7) is 1.69. The monoisotopic (exact) mass is 388 g/mol. The summed E-state index contributed by atoms with van der Waals surface area (Å²) < 4.78 is 53.9. The van der Waals surface area contributed by atoms with E-state index >= 15 is 0 Å². The third-order valence-electron chi connectivity index (χ3n) is 4.94. The Morgan fingerprint density at radius 1 is 1.23 bits per heavy atom. The quantitative estimate of drug-likeness (QED) is 0.801. The van der Waals surface area contributed by atoms with Crippen molar-refractivity contribution in [3.8, 4) is 5.13 Å². The van der Waals surface area contributed by atoms with Crippen LogP contribution in [0.3, 0.4) is 0 Å². The minimum absolute atomic E-state index is 0.287.